The predicted molar refractivity (Wildman–Crippen MR) is 56.2 cm³/mol. The van der Waals surface area contributed by atoms with Crippen molar-refractivity contribution in [2.75, 3.05) is 5.32 Å². The van der Waals surface area contributed by atoms with E-state index in [1.54, 1.807) is 6.92 Å². The Bertz CT molecular complexity index is 275. The van der Waals surface area contributed by atoms with Gasteiger partial charge in [0.15, 0.2) is 0 Å². The maximum Gasteiger partial charge on any atom is 0.0710 e. The number of nitrogens with one attached hydrogen (secondary N) is 1. The van der Waals surface area contributed by atoms with Crippen LogP contribution in [0.15, 0.2) is 24.3 Å². The first kappa shape index (κ1) is 10.4. The standard InChI is InChI=1S/C10H14ClNO/c1-7(8(2)13)12-10-6-4-3-5-9(10)11/h3-8,12-13H,1-2H3/t7-,8+/m1/s1. The maximum absolute atomic E-state index is 9.27. The number of anilines is 1. The van der Waals surface area contributed by atoms with E-state index in [1.165, 1.54) is 0 Å². The Hall–Kier alpha value is -0.730. The first-order valence-electron chi connectivity index (χ1n) is 4.30. The van der Waals surface area contributed by atoms with Gasteiger partial charge in [0.2, 0.25) is 0 Å². The first-order valence-corrected chi connectivity index (χ1v) is 4.68. The Balaban J connectivity index is 2.69. The molecule has 2 N–H and O–H groups in total. The highest BCUT2D eigenvalue weighted by Crippen LogP contribution is 2.21. The second-order valence-corrected chi connectivity index (χ2v) is 3.56. The van der Waals surface area contributed by atoms with Crippen LogP contribution in [0.25, 0.3) is 0 Å². The number of hydrogen-bond acceptors (Lipinski definition) is 2. The summed E-state index contributed by atoms with van der Waals surface area (Å²) in [6.07, 6.45) is -0.392. The van der Waals surface area contributed by atoms with Crippen LogP contribution in [0.1, 0.15) is 13.8 Å². The summed E-state index contributed by atoms with van der Waals surface area (Å²) in [6, 6.07) is 7.49. The molecule has 72 valence electrons. The highest BCUT2D eigenvalue weighted by atomic mass is 35.5. The van der Waals surface area contributed by atoms with Crippen LogP contribution in [0.3, 0.4) is 0 Å². The third-order valence-corrected chi connectivity index (χ3v) is 2.31. The Morgan fingerprint density at radius 1 is 1.31 bits per heavy atom. The zero-order valence-corrected chi connectivity index (χ0v) is 8.55. The number of aliphatic hydroxyl groups is 1. The Morgan fingerprint density at radius 3 is 2.46 bits per heavy atom. The largest absolute Gasteiger partial charge is 0.391 e. The van der Waals surface area contributed by atoms with Crippen molar-refractivity contribution in [1.82, 2.24) is 0 Å². The zero-order valence-electron chi connectivity index (χ0n) is 7.79. The molecule has 0 bridgehead atoms. The molecule has 0 unspecified atom stereocenters. The summed E-state index contributed by atoms with van der Waals surface area (Å²) in [7, 11) is 0. The van der Waals surface area contributed by atoms with Gasteiger partial charge in [-0.3, -0.25) is 0 Å². The van der Waals surface area contributed by atoms with Crippen LogP contribution in [-0.4, -0.2) is 17.3 Å². The van der Waals surface area contributed by atoms with E-state index in [2.05, 4.69) is 5.32 Å². The monoisotopic (exact) mass is 199 g/mol. The van der Waals surface area contributed by atoms with Crippen LogP contribution in [0.2, 0.25) is 5.02 Å². The minimum Gasteiger partial charge on any atom is -0.391 e. The molecule has 0 heterocycles. The molecule has 0 aliphatic heterocycles. The molecule has 0 saturated carbocycles. The Morgan fingerprint density at radius 2 is 1.92 bits per heavy atom. The molecule has 0 spiro atoms. The fourth-order valence-electron chi connectivity index (χ4n) is 0.944. The molecule has 0 fully saturated rings. The smallest absolute Gasteiger partial charge is 0.0710 e. The number of aliphatic hydroxyl groups excluding tert-OH is 1. The van der Waals surface area contributed by atoms with Crippen molar-refractivity contribution in [2.24, 2.45) is 0 Å². The fraction of sp³-hybridized carbons (Fsp3) is 0.400. The molecule has 1 aromatic carbocycles. The van der Waals surface area contributed by atoms with E-state index in [0.717, 1.165) is 5.69 Å². The SMILES string of the molecule is C[C@H](O)[C@@H](C)Nc1ccccc1Cl. The summed E-state index contributed by atoms with van der Waals surface area (Å²) < 4.78 is 0. The van der Waals surface area contributed by atoms with Crippen molar-refractivity contribution in [1.29, 1.82) is 0 Å². The number of halogens is 1. The second kappa shape index (κ2) is 4.49. The molecular weight excluding hydrogens is 186 g/mol. The minimum absolute atomic E-state index is 0.0000926. The van der Waals surface area contributed by atoms with Gasteiger partial charge in [0.25, 0.3) is 0 Å². The van der Waals surface area contributed by atoms with Crippen molar-refractivity contribution < 1.29 is 5.11 Å². The molecule has 0 amide bonds. The lowest BCUT2D eigenvalue weighted by Gasteiger charge is -2.18. The van der Waals surface area contributed by atoms with E-state index in [0.29, 0.717) is 5.02 Å². The molecule has 0 aliphatic rings. The zero-order chi connectivity index (χ0) is 9.84. The van der Waals surface area contributed by atoms with Gasteiger partial charge in [-0.2, -0.15) is 0 Å². The van der Waals surface area contributed by atoms with Gasteiger partial charge < -0.3 is 10.4 Å². The van der Waals surface area contributed by atoms with E-state index in [-0.39, 0.29) is 6.04 Å². The molecule has 1 aromatic rings. The highest BCUT2D eigenvalue weighted by Gasteiger charge is 2.09. The Labute approximate surface area is 83.5 Å². The quantitative estimate of drug-likeness (QED) is 0.784. The van der Waals surface area contributed by atoms with Crippen LogP contribution in [0.5, 0.6) is 0 Å². The Kier molecular flexibility index (Phi) is 3.58. The summed E-state index contributed by atoms with van der Waals surface area (Å²) in [5.74, 6) is 0. The van der Waals surface area contributed by atoms with Gasteiger partial charge in [-0.25, -0.2) is 0 Å². The first-order chi connectivity index (χ1) is 6.11. The molecule has 0 aromatic heterocycles. The summed E-state index contributed by atoms with van der Waals surface area (Å²) in [6.45, 7) is 3.66. The van der Waals surface area contributed by atoms with Gasteiger partial charge in [0, 0.05) is 6.04 Å². The molecule has 2 atom stereocenters. The molecule has 0 aliphatic carbocycles. The van der Waals surface area contributed by atoms with E-state index in [9.17, 15) is 5.11 Å². The second-order valence-electron chi connectivity index (χ2n) is 3.15. The normalized spacial score (nSPS) is 15.1. The van der Waals surface area contributed by atoms with Crippen molar-refractivity contribution >= 4 is 17.3 Å². The van der Waals surface area contributed by atoms with Crippen LogP contribution in [0.4, 0.5) is 5.69 Å². The molecule has 2 nitrogen and oxygen atoms in total. The molecule has 13 heavy (non-hydrogen) atoms. The van der Waals surface area contributed by atoms with Gasteiger partial charge in [-0.05, 0) is 26.0 Å². The van der Waals surface area contributed by atoms with Crippen LogP contribution >= 0.6 is 11.6 Å². The summed E-state index contributed by atoms with van der Waals surface area (Å²) in [5.41, 5.74) is 0.859. The summed E-state index contributed by atoms with van der Waals surface area (Å²) in [5, 5.41) is 13.1. The number of hydrogen-bond donors (Lipinski definition) is 2. The van der Waals surface area contributed by atoms with Crippen LogP contribution < -0.4 is 5.32 Å². The average molecular weight is 200 g/mol. The summed E-state index contributed by atoms with van der Waals surface area (Å²) >= 11 is 5.93. The number of benzene rings is 1. The lowest BCUT2D eigenvalue weighted by molar-refractivity contribution is 0.178. The van der Waals surface area contributed by atoms with Crippen molar-refractivity contribution in [3.8, 4) is 0 Å². The van der Waals surface area contributed by atoms with E-state index in [1.807, 2.05) is 31.2 Å². The molecule has 3 heteroatoms. The molecule has 0 saturated heterocycles. The molecule has 1 rings (SSSR count). The van der Waals surface area contributed by atoms with Gasteiger partial charge >= 0.3 is 0 Å². The highest BCUT2D eigenvalue weighted by molar-refractivity contribution is 6.33. The topological polar surface area (TPSA) is 32.3 Å². The van der Waals surface area contributed by atoms with Crippen molar-refractivity contribution in [2.45, 2.75) is 26.0 Å². The fourth-order valence-corrected chi connectivity index (χ4v) is 1.13. The van der Waals surface area contributed by atoms with Crippen LogP contribution in [-0.2, 0) is 0 Å². The number of para-hydroxylation sites is 1. The lowest BCUT2D eigenvalue weighted by Crippen LogP contribution is -2.27. The van der Waals surface area contributed by atoms with Crippen LogP contribution in [0, 0.1) is 0 Å². The van der Waals surface area contributed by atoms with E-state index >= 15 is 0 Å². The summed E-state index contributed by atoms with van der Waals surface area (Å²) in [4.78, 5) is 0. The van der Waals surface area contributed by atoms with Crippen molar-refractivity contribution in [3.63, 3.8) is 0 Å². The van der Waals surface area contributed by atoms with Gasteiger partial charge in [0.1, 0.15) is 0 Å². The minimum atomic E-state index is -0.392. The lowest BCUT2D eigenvalue weighted by atomic mass is 10.2. The van der Waals surface area contributed by atoms with Gasteiger partial charge in [-0.15, -0.1) is 0 Å². The molecular formula is C10H14ClNO. The number of rotatable bonds is 3. The third kappa shape index (κ3) is 2.90. The predicted octanol–water partition coefficient (Wildman–Crippen LogP) is 2.52. The van der Waals surface area contributed by atoms with Crippen molar-refractivity contribution in [3.05, 3.63) is 29.3 Å². The molecule has 0 radical (unpaired) electrons. The van der Waals surface area contributed by atoms with E-state index < -0.39 is 6.10 Å². The third-order valence-electron chi connectivity index (χ3n) is 1.98. The van der Waals surface area contributed by atoms with E-state index in [4.69, 9.17) is 11.6 Å². The van der Waals surface area contributed by atoms with Gasteiger partial charge in [-0.1, -0.05) is 23.7 Å². The van der Waals surface area contributed by atoms with Gasteiger partial charge in [0.05, 0.1) is 16.8 Å². The average Bonchev–Trinajstić information content (AvgIpc) is 2.08. The maximum atomic E-state index is 9.27.